The van der Waals surface area contributed by atoms with E-state index >= 15 is 0 Å². The van der Waals surface area contributed by atoms with Crippen LogP contribution in [0.4, 0.5) is 4.39 Å². The fourth-order valence-corrected chi connectivity index (χ4v) is 0.906. The number of benzene rings is 1. The summed E-state index contributed by atoms with van der Waals surface area (Å²) in [6.07, 6.45) is 3.02. The number of hydrogen-bond acceptors (Lipinski definition) is 1. The van der Waals surface area contributed by atoms with Crippen LogP contribution in [0.15, 0.2) is 30.3 Å². The summed E-state index contributed by atoms with van der Waals surface area (Å²) in [5.41, 5.74) is 0.668. The van der Waals surface area contributed by atoms with Crippen molar-refractivity contribution in [2.45, 2.75) is 6.42 Å². The Morgan fingerprint density at radius 3 is 2.92 bits per heavy atom. The highest BCUT2D eigenvalue weighted by molar-refractivity contribution is 5.70. The first kappa shape index (κ1) is 9.45. The maximum absolute atomic E-state index is 12.6. The summed E-state index contributed by atoms with van der Waals surface area (Å²) in [6.45, 7) is 0. The van der Waals surface area contributed by atoms with Crippen LogP contribution in [0.5, 0.6) is 0 Å². The first-order valence-corrected chi connectivity index (χ1v) is 3.82. The number of carboxylic acid groups (broad SMARTS) is 1. The Bertz CT molecular complexity index is 331. The molecule has 0 saturated heterocycles. The summed E-state index contributed by atoms with van der Waals surface area (Å²) < 4.78 is 12.6. The maximum atomic E-state index is 12.6. The molecule has 0 saturated carbocycles. The van der Waals surface area contributed by atoms with Gasteiger partial charge in [-0.05, 0) is 17.7 Å². The van der Waals surface area contributed by atoms with Gasteiger partial charge in [-0.1, -0.05) is 24.3 Å². The zero-order valence-electron chi connectivity index (χ0n) is 6.90. The lowest BCUT2D eigenvalue weighted by atomic mass is 10.2. The van der Waals surface area contributed by atoms with Crippen LogP contribution in [-0.4, -0.2) is 11.1 Å². The van der Waals surface area contributed by atoms with E-state index in [2.05, 4.69) is 0 Å². The van der Waals surface area contributed by atoms with Crippen molar-refractivity contribution in [1.29, 1.82) is 0 Å². The first-order valence-electron chi connectivity index (χ1n) is 3.82. The molecule has 13 heavy (non-hydrogen) atoms. The highest BCUT2D eigenvalue weighted by Gasteiger charge is 1.92. The van der Waals surface area contributed by atoms with Gasteiger partial charge in [-0.3, -0.25) is 4.79 Å². The molecular formula is C10H9FO2. The zero-order valence-corrected chi connectivity index (χ0v) is 6.90. The summed E-state index contributed by atoms with van der Waals surface area (Å²) in [6, 6.07) is 5.98. The Morgan fingerprint density at radius 1 is 1.54 bits per heavy atom. The van der Waals surface area contributed by atoms with E-state index in [0.29, 0.717) is 5.56 Å². The van der Waals surface area contributed by atoms with Crippen LogP contribution in [0.1, 0.15) is 12.0 Å². The second kappa shape index (κ2) is 4.40. The van der Waals surface area contributed by atoms with Crippen LogP contribution in [0.2, 0.25) is 0 Å². The lowest BCUT2D eigenvalue weighted by Crippen LogP contribution is -1.89. The lowest BCUT2D eigenvalue weighted by molar-refractivity contribution is -0.135. The molecule has 68 valence electrons. The van der Waals surface area contributed by atoms with Crippen LogP contribution < -0.4 is 0 Å². The standard InChI is InChI=1S/C10H9FO2/c11-9-5-1-3-8(7-9)4-2-6-10(12)13/h1-5,7H,6H2,(H,12,13)/b4-2+. The molecule has 0 radical (unpaired) electrons. The van der Waals surface area contributed by atoms with E-state index in [1.165, 1.54) is 18.2 Å². The highest BCUT2D eigenvalue weighted by Crippen LogP contribution is 2.05. The predicted molar refractivity (Wildman–Crippen MR) is 47.7 cm³/mol. The Labute approximate surface area is 75.3 Å². The third-order valence-corrected chi connectivity index (χ3v) is 1.45. The molecule has 2 nitrogen and oxygen atoms in total. The molecule has 0 fully saturated rings. The molecule has 1 rings (SSSR count). The van der Waals surface area contributed by atoms with E-state index in [4.69, 9.17) is 5.11 Å². The van der Waals surface area contributed by atoms with Crippen molar-refractivity contribution in [3.63, 3.8) is 0 Å². The van der Waals surface area contributed by atoms with Crippen LogP contribution in [-0.2, 0) is 4.79 Å². The quantitative estimate of drug-likeness (QED) is 0.774. The topological polar surface area (TPSA) is 37.3 Å². The highest BCUT2D eigenvalue weighted by atomic mass is 19.1. The monoisotopic (exact) mass is 180 g/mol. The third kappa shape index (κ3) is 3.51. The Kier molecular flexibility index (Phi) is 3.20. The number of carboxylic acids is 1. The van der Waals surface area contributed by atoms with Crippen molar-refractivity contribution in [2.75, 3.05) is 0 Å². The average molecular weight is 180 g/mol. The fourth-order valence-electron chi connectivity index (χ4n) is 0.906. The average Bonchev–Trinajstić information content (AvgIpc) is 2.03. The Balaban J connectivity index is 2.63. The van der Waals surface area contributed by atoms with Gasteiger partial charge >= 0.3 is 5.97 Å². The van der Waals surface area contributed by atoms with Crippen molar-refractivity contribution < 1.29 is 14.3 Å². The molecule has 0 atom stereocenters. The molecule has 0 heterocycles. The molecular weight excluding hydrogens is 171 g/mol. The molecule has 0 aliphatic carbocycles. The minimum absolute atomic E-state index is 0.0451. The maximum Gasteiger partial charge on any atom is 0.307 e. The molecule has 0 spiro atoms. The van der Waals surface area contributed by atoms with Gasteiger partial charge in [-0.2, -0.15) is 0 Å². The fraction of sp³-hybridized carbons (Fsp3) is 0.100. The largest absolute Gasteiger partial charge is 0.481 e. The summed E-state index contributed by atoms with van der Waals surface area (Å²) in [7, 11) is 0. The van der Waals surface area contributed by atoms with E-state index in [1.54, 1.807) is 18.2 Å². The van der Waals surface area contributed by atoms with Gasteiger partial charge in [0.05, 0.1) is 6.42 Å². The molecule has 1 aromatic rings. The molecule has 0 aliphatic rings. The predicted octanol–water partition coefficient (Wildman–Crippen LogP) is 2.31. The van der Waals surface area contributed by atoms with Gasteiger partial charge in [0.25, 0.3) is 0 Å². The third-order valence-electron chi connectivity index (χ3n) is 1.45. The van der Waals surface area contributed by atoms with Gasteiger partial charge in [0.2, 0.25) is 0 Å². The number of halogens is 1. The summed E-state index contributed by atoms with van der Waals surface area (Å²) in [5.74, 6) is -1.22. The van der Waals surface area contributed by atoms with Crippen molar-refractivity contribution in [3.05, 3.63) is 41.7 Å². The second-order valence-corrected chi connectivity index (χ2v) is 2.56. The van der Waals surface area contributed by atoms with Crippen LogP contribution in [0.3, 0.4) is 0 Å². The van der Waals surface area contributed by atoms with E-state index < -0.39 is 5.97 Å². The number of carbonyl (C=O) groups is 1. The van der Waals surface area contributed by atoms with Crippen LogP contribution >= 0.6 is 0 Å². The number of rotatable bonds is 3. The number of hydrogen-bond donors (Lipinski definition) is 1. The zero-order chi connectivity index (χ0) is 9.68. The number of aliphatic carboxylic acids is 1. The molecule has 0 unspecified atom stereocenters. The van der Waals surface area contributed by atoms with E-state index in [-0.39, 0.29) is 12.2 Å². The molecule has 1 aromatic carbocycles. The van der Waals surface area contributed by atoms with E-state index in [0.717, 1.165) is 0 Å². The normalized spacial score (nSPS) is 10.5. The SMILES string of the molecule is O=C(O)C/C=C/c1cccc(F)c1. The van der Waals surface area contributed by atoms with Gasteiger partial charge in [-0.15, -0.1) is 0 Å². The molecule has 1 N–H and O–H groups in total. The minimum Gasteiger partial charge on any atom is -0.481 e. The van der Waals surface area contributed by atoms with Crippen molar-refractivity contribution in [3.8, 4) is 0 Å². The molecule has 0 amide bonds. The Morgan fingerprint density at radius 2 is 2.31 bits per heavy atom. The van der Waals surface area contributed by atoms with Crippen LogP contribution in [0.25, 0.3) is 6.08 Å². The molecule has 0 aliphatic heterocycles. The summed E-state index contributed by atoms with van der Waals surface area (Å²) in [4.78, 5) is 10.1. The van der Waals surface area contributed by atoms with Gasteiger partial charge in [0.1, 0.15) is 5.82 Å². The first-order chi connectivity index (χ1) is 6.18. The van der Waals surface area contributed by atoms with E-state index in [1.807, 2.05) is 0 Å². The molecule has 0 bridgehead atoms. The van der Waals surface area contributed by atoms with E-state index in [9.17, 15) is 9.18 Å². The molecule has 3 heteroatoms. The van der Waals surface area contributed by atoms with Crippen molar-refractivity contribution >= 4 is 12.0 Å². The van der Waals surface area contributed by atoms with Crippen LogP contribution in [0, 0.1) is 5.82 Å². The smallest absolute Gasteiger partial charge is 0.307 e. The second-order valence-electron chi connectivity index (χ2n) is 2.56. The summed E-state index contributed by atoms with van der Waals surface area (Å²) >= 11 is 0. The van der Waals surface area contributed by atoms with Crippen molar-refractivity contribution in [2.24, 2.45) is 0 Å². The van der Waals surface area contributed by atoms with Gasteiger partial charge in [-0.25, -0.2) is 4.39 Å². The summed E-state index contributed by atoms with van der Waals surface area (Å²) in [5, 5.41) is 8.32. The lowest BCUT2D eigenvalue weighted by Gasteiger charge is -1.92. The molecule has 0 aromatic heterocycles. The van der Waals surface area contributed by atoms with Gasteiger partial charge in [0.15, 0.2) is 0 Å². The van der Waals surface area contributed by atoms with Crippen molar-refractivity contribution in [1.82, 2.24) is 0 Å². The Hall–Kier alpha value is -1.64. The minimum atomic E-state index is -0.896. The van der Waals surface area contributed by atoms with Gasteiger partial charge < -0.3 is 5.11 Å². The van der Waals surface area contributed by atoms with Gasteiger partial charge in [0, 0.05) is 0 Å².